The lowest BCUT2D eigenvalue weighted by Gasteiger charge is -2.29. The number of carboxylic acids is 1. The zero-order valence-electron chi connectivity index (χ0n) is 13.2. The fourth-order valence-electron chi connectivity index (χ4n) is 3.16. The van der Waals surface area contributed by atoms with Crippen molar-refractivity contribution in [2.45, 2.75) is 57.9 Å². The minimum atomic E-state index is -0.924. The molecule has 1 amide bonds. The van der Waals surface area contributed by atoms with Gasteiger partial charge in [0.2, 0.25) is 5.91 Å². The third-order valence-corrected chi connectivity index (χ3v) is 4.57. The molecular formula is C18H25NO3. The molecule has 2 atom stereocenters. The average Bonchev–Trinajstić information content (AvgIpc) is 2.53. The fraction of sp³-hybridized carbons (Fsp3) is 0.556. The molecule has 1 aliphatic carbocycles. The van der Waals surface area contributed by atoms with Crippen LogP contribution in [0.15, 0.2) is 24.3 Å². The van der Waals surface area contributed by atoms with Crippen LogP contribution in [0.2, 0.25) is 0 Å². The Morgan fingerprint density at radius 2 is 1.95 bits per heavy atom. The van der Waals surface area contributed by atoms with Crippen LogP contribution in [0.4, 0.5) is 0 Å². The molecule has 2 unspecified atom stereocenters. The molecular weight excluding hydrogens is 278 g/mol. The topological polar surface area (TPSA) is 66.4 Å². The summed E-state index contributed by atoms with van der Waals surface area (Å²) in [4.78, 5) is 22.8. The Morgan fingerprint density at radius 3 is 2.59 bits per heavy atom. The van der Waals surface area contributed by atoms with Crippen LogP contribution >= 0.6 is 0 Å². The minimum absolute atomic E-state index is 0.101. The largest absolute Gasteiger partial charge is 0.478 e. The molecule has 0 bridgehead atoms. The molecule has 0 saturated heterocycles. The number of carbonyl (C=O) groups excluding carboxylic acids is 1. The van der Waals surface area contributed by atoms with E-state index in [2.05, 4.69) is 12.2 Å². The molecule has 0 radical (unpaired) electrons. The Labute approximate surface area is 131 Å². The highest BCUT2D eigenvalue weighted by molar-refractivity contribution is 5.87. The van der Waals surface area contributed by atoms with Gasteiger partial charge in [0.05, 0.1) is 5.56 Å². The number of hydrogen-bond donors (Lipinski definition) is 2. The second-order valence-electron chi connectivity index (χ2n) is 6.21. The third kappa shape index (κ3) is 4.86. The Hall–Kier alpha value is -1.84. The van der Waals surface area contributed by atoms with Gasteiger partial charge in [0.15, 0.2) is 0 Å². The zero-order valence-corrected chi connectivity index (χ0v) is 13.2. The first-order valence-electron chi connectivity index (χ1n) is 8.20. The molecule has 1 aromatic carbocycles. The number of rotatable bonds is 6. The van der Waals surface area contributed by atoms with Crippen LogP contribution in [0.3, 0.4) is 0 Å². The van der Waals surface area contributed by atoms with Gasteiger partial charge in [-0.25, -0.2) is 4.79 Å². The summed E-state index contributed by atoms with van der Waals surface area (Å²) in [7, 11) is 0. The van der Waals surface area contributed by atoms with E-state index in [1.54, 1.807) is 24.3 Å². The van der Waals surface area contributed by atoms with Gasteiger partial charge in [-0.05, 0) is 42.9 Å². The van der Waals surface area contributed by atoms with E-state index < -0.39 is 5.97 Å². The number of nitrogens with one attached hydrogen (secondary N) is 1. The van der Waals surface area contributed by atoms with E-state index in [9.17, 15) is 9.59 Å². The third-order valence-electron chi connectivity index (χ3n) is 4.57. The number of benzene rings is 1. The van der Waals surface area contributed by atoms with Crippen molar-refractivity contribution >= 4 is 11.9 Å². The molecule has 22 heavy (non-hydrogen) atoms. The van der Waals surface area contributed by atoms with Crippen LogP contribution in [0.1, 0.15) is 61.4 Å². The highest BCUT2D eigenvalue weighted by Crippen LogP contribution is 2.26. The lowest BCUT2D eigenvalue weighted by atomic mass is 9.84. The number of aromatic carboxylic acids is 1. The summed E-state index contributed by atoms with van der Waals surface area (Å²) in [6, 6.07) is 7.07. The number of hydrogen-bond acceptors (Lipinski definition) is 2. The van der Waals surface area contributed by atoms with Gasteiger partial charge in [-0.15, -0.1) is 0 Å². The molecule has 0 spiro atoms. The van der Waals surface area contributed by atoms with Crippen LogP contribution in [0, 0.1) is 5.92 Å². The van der Waals surface area contributed by atoms with E-state index in [1.165, 1.54) is 19.3 Å². The second kappa shape index (κ2) is 7.97. The van der Waals surface area contributed by atoms with Crippen LogP contribution in [0.25, 0.3) is 0 Å². The Kier molecular flexibility index (Phi) is 5.99. The van der Waals surface area contributed by atoms with Crippen LogP contribution in [-0.2, 0) is 11.2 Å². The molecule has 0 heterocycles. The quantitative estimate of drug-likeness (QED) is 0.846. The van der Waals surface area contributed by atoms with Crippen molar-refractivity contribution in [2.24, 2.45) is 5.92 Å². The monoisotopic (exact) mass is 303 g/mol. The maximum absolute atomic E-state index is 12.0. The molecule has 1 fully saturated rings. The van der Waals surface area contributed by atoms with Crippen molar-refractivity contribution in [1.82, 2.24) is 5.32 Å². The number of carbonyl (C=O) groups is 2. The summed E-state index contributed by atoms with van der Waals surface area (Å²) in [6.45, 7) is 2.22. The van der Waals surface area contributed by atoms with Crippen molar-refractivity contribution in [3.05, 3.63) is 35.4 Å². The highest BCUT2D eigenvalue weighted by atomic mass is 16.4. The van der Waals surface area contributed by atoms with Crippen LogP contribution in [0.5, 0.6) is 0 Å². The van der Waals surface area contributed by atoms with E-state index in [-0.39, 0.29) is 11.5 Å². The average molecular weight is 303 g/mol. The molecule has 4 nitrogen and oxygen atoms in total. The van der Waals surface area contributed by atoms with E-state index in [0.717, 1.165) is 24.3 Å². The maximum atomic E-state index is 12.0. The van der Waals surface area contributed by atoms with Crippen LogP contribution in [-0.4, -0.2) is 23.0 Å². The number of carboxylic acid groups (broad SMARTS) is 1. The number of aryl methyl sites for hydroxylation is 1. The molecule has 4 heteroatoms. The summed E-state index contributed by atoms with van der Waals surface area (Å²) < 4.78 is 0. The SMILES string of the molecule is CCC1CCCC(NC(=O)CCc2ccc(C(=O)O)cc2)C1. The van der Waals surface area contributed by atoms with E-state index in [1.807, 2.05) is 0 Å². The summed E-state index contributed by atoms with van der Waals surface area (Å²) in [6.07, 6.45) is 7.00. The number of amides is 1. The summed E-state index contributed by atoms with van der Waals surface area (Å²) in [5, 5.41) is 12.0. The van der Waals surface area contributed by atoms with Crippen LogP contribution < -0.4 is 5.32 Å². The summed E-state index contributed by atoms with van der Waals surface area (Å²) in [5.41, 5.74) is 1.27. The van der Waals surface area contributed by atoms with E-state index in [4.69, 9.17) is 5.11 Å². The fourth-order valence-corrected chi connectivity index (χ4v) is 3.16. The molecule has 0 aliphatic heterocycles. The molecule has 1 saturated carbocycles. The zero-order chi connectivity index (χ0) is 15.9. The van der Waals surface area contributed by atoms with E-state index in [0.29, 0.717) is 18.9 Å². The van der Waals surface area contributed by atoms with Gasteiger partial charge in [-0.2, -0.15) is 0 Å². The molecule has 2 rings (SSSR count). The Bertz CT molecular complexity index is 510. The summed E-state index contributed by atoms with van der Waals surface area (Å²) >= 11 is 0. The van der Waals surface area contributed by atoms with Gasteiger partial charge < -0.3 is 10.4 Å². The second-order valence-corrected chi connectivity index (χ2v) is 6.21. The van der Waals surface area contributed by atoms with Gasteiger partial charge in [0, 0.05) is 12.5 Å². The van der Waals surface area contributed by atoms with Gasteiger partial charge in [0.25, 0.3) is 0 Å². The molecule has 2 N–H and O–H groups in total. The minimum Gasteiger partial charge on any atom is -0.478 e. The maximum Gasteiger partial charge on any atom is 0.335 e. The first kappa shape index (κ1) is 16.5. The Balaban J connectivity index is 1.76. The van der Waals surface area contributed by atoms with Gasteiger partial charge >= 0.3 is 5.97 Å². The van der Waals surface area contributed by atoms with Gasteiger partial charge in [-0.3, -0.25) is 4.79 Å². The molecule has 1 aliphatic rings. The smallest absolute Gasteiger partial charge is 0.335 e. The first-order valence-corrected chi connectivity index (χ1v) is 8.20. The normalized spacial score (nSPS) is 21.3. The van der Waals surface area contributed by atoms with Crippen molar-refractivity contribution in [3.63, 3.8) is 0 Å². The molecule has 120 valence electrons. The predicted octanol–water partition coefficient (Wildman–Crippen LogP) is 3.40. The van der Waals surface area contributed by atoms with Gasteiger partial charge in [0.1, 0.15) is 0 Å². The van der Waals surface area contributed by atoms with Crippen molar-refractivity contribution in [2.75, 3.05) is 0 Å². The lowest BCUT2D eigenvalue weighted by Crippen LogP contribution is -2.38. The Morgan fingerprint density at radius 1 is 1.23 bits per heavy atom. The summed E-state index contributed by atoms with van der Waals surface area (Å²) in [5.74, 6) is -0.0706. The standard InChI is InChI=1S/C18H25NO3/c1-2-13-4-3-5-16(12-13)19-17(20)11-8-14-6-9-15(10-7-14)18(21)22/h6-7,9-10,13,16H,2-5,8,11-12H2,1H3,(H,19,20)(H,21,22). The van der Waals surface area contributed by atoms with Crippen molar-refractivity contribution < 1.29 is 14.7 Å². The first-order chi connectivity index (χ1) is 10.6. The molecule has 1 aromatic rings. The lowest BCUT2D eigenvalue weighted by molar-refractivity contribution is -0.122. The highest BCUT2D eigenvalue weighted by Gasteiger charge is 2.21. The predicted molar refractivity (Wildman–Crippen MR) is 85.9 cm³/mol. The van der Waals surface area contributed by atoms with Crippen molar-refractivity contribution in [3.8, 4) is 0 Å². The molecule has 0 aromatic heterocycles. The van der Waals surface area contributed by atoms with Gasteiger partial charge in [-0.1, -0.05) is 38.3 Å². The van der Waals surface area contributed by atoms with E-state index >= 15 is 0 Å². The van der Waals surface area contributed by atoms with Crippen molar-refractivity contribution in [1.29, 1.82) is 0 Å².